The molecule has 2 atom stereocenters. The maximum absolute atomic E-state index is 12.0. The number of nitrogens with two attached hydrogens (primary N) is 1. The highest BCUT2D eigenvalue weighted by molar-refractivity contribution is 7.19. The van der Waals surface area contributed by atoms with Crippen LogP contribution in [0.15, 0.2) is 0 Å². The second kappa shape index (κ2) is 7.02. The fourth-order valence-electron chi connectivity index (χ4n) is 2.90. The first kappa shape index (κ1) is 15.9. The Labute approximate surface area is 130 Å². The molecule has 5 nitrogen and oxygen atoms in total. The van der Waals surface area contributed by atoms with Crippen LogP contribution in [0.1, 0.15) is 42.8 Å². The van der Waals surface area contributed by atoms with Gasteiger partial charge in [0.1, 0.15) is 15.6 Å². The van der Waals surface area contributed by atoms with Crippen molar-refractivity contribution in [2.75, 3.05) is 31.2 Å². The molecule has 2 rings (SSSR count). The first-order valence-corrected chi connectivity index (χ1v) is 8.36. The van der Waals surface area contributed by atoms with Gasteiger partial charge in [-0.15, -0.1) is 11.3 Å². The maximum Gasteiger partial charge on any atom is 0.263 e. The summed E-state index contributed by atoms with van der Waals surface area (Å²) >= 11 is 1.37. The zero-order valence-electron chi connectivity index (χ0n) is 13.0. The fraction of sp³-hybridized carbons (Fsp3) is 0.667. The summed E-state index contributed by atoms with van der Waals surface area (Å²) in [5, 5.41) is 7.05. The molecule has 1 heterocycles. The first-order chi connectivity index (χ1) is 10.1. The predicted octanol–water partition coefficient (Wildman–Crippen LogP) is 2.94. The van der Waals surface area contributed by atoms with Crippen molar-refractivity contribution in [2.45, 2.75) is 33.1 Å². The predicted molar refractivity (Wildman–Crippen MR) is 88.3 cm³/mol. The molecule has 1 saturated carbocycles. The first-order valence-electron chi connectivity index (χ1n) is 7.55. The van der Waals surface area contributed by atoms with Crippen LogP contribution in [0.3, 0.4) is 0 Å². The van der Waals surface area contributed by atoms with Crippen molar-refractivity contribution >= 4 is 27.9 Å². The van der Waals surface area contributed by atoms with Gasteiger partial charge in [0.25, 0.3) is 5.91 Å². The molecule has 1 aromatic heterocycles. The van der Waals surface area contributed by atoms with E-state index in [0.717, 1.165) is 17.5 Å². The van der Waals surface area contributed by atoms with Gasteiger partial charge in [0.05, 0.1) is 7.11 Å². The van der Waals surface area contributed by atoms with Crippen LogP contribution in [0.25, 0.3) is 0 Å². The van der Waals surface area contributed by atoms with Gasteiger partial charge >= 0.3 is 0 Å². The molecule has 21 heavy (non-hydrogen) atoms. The molecule has 118 valence electrons. The molecule has 2 unspecified atom stereocenters. The lowest BCUT2D eigenvalue weighted by Crippen LogP contribution is -2.22. The summed E-state index contributed by atoms with van der Waals surface area (Å²) in [7, 11) is 1.59. The van der Waals surface area contributed by atoms with Crippen LogP contribution < -0.4 is 21.1 Å². The van der Waals surface area contributed by atoms with Gasteiger partial charge in [0, 0.05) is 13.1 Å². The number of carbonyl (C=O) groups is 1. The lowest BCUT2D eigenvalue weighted by atomic mass is 10.1. The lowest BCUT2D eigenvalue weighted by molar-refractivity contribution is 0.0960. The molecule has 1 aromatic rings. The molecule has 0 bridgehead atoms. The van der Waals surface area contributed by atoms with Gasteiger partial charge in [-0.05, 0) is 31.6 Å². The standard InChI is InChI=1S/C15H25N3O2S/c1-4-17-14(19)13-11(16)12(20-3)15(21-13)18-8-10-6-5-9(2)7-10/h9-10,18H,4-8,16H2,1-3H3,(H,17,19). The number of rotatable bonds is 6. The molecule has 0 aromatic carbocycles. The number of ether oxygens (including phenoxy) is 1. The van der Waals surface area contributed by atoms with Crippen molar-refractivity contribution in [3.8, 4) is 5.75 Å². The van der Waals surface area contributed by atoms with Gasteiger partial charge in [0.2, 0.25) is 0 Å². The summed E-state index contributed by atoms with van der Waals surface area (Å²) in [5.41, 5.74) is 6.46. The molecular weight excluding hydrogens is 286 g/mol. The van der Waals surface area contributed by atoms with Gasteiger partial charge in [-0.1, -0.05) is 13.3 Å². The molecule has 4 N–H and O–H groups in total. The van der Waals surface area contributed by atoms with E-state index >= 15 is 0 Å². The molecule has 6 heteroatoms. The monoisotopic (exact) mass is 311 g/mol. The van der Waals surface area contributed by atoms with Crippen molar-refractivity contribution < 1.29 is 9.53 Å². The number of amides is 1. The highest BCUT2D eigenvalue weighted by atomic mass is 32.1. The lowest BCUT2D eigenvalue weighted by Gasteiger charge is -2.12. The fourth-order valence-corrected chi connectivity index (χ4v) is 3.92. The molecule has 1 amide bonds. The van der Waals surface area contributed by atoms with Crippen LogP contribution in [0.5, 0.6) is 5.75 Å². The molecule has 0 aliphatic heterocycles. The molecule has 0 radical (unpaired) electrons. The Kier molecular flexibility index (Phi) is 5.33. The minimum absolute atomic E-state index is 0.138. The Balaban J connectivity index is 2.07. The SMILES string of the molecule is CCNC(=O)c1sc(NCC2CCC(C)C2)c(OC)c1N. The summed E-state index contributed by atoms with van der Waals surface area (Å²) in [6.07, 6.45) is 3.83. The van der Waals surface area contributed by atoms with Gasteiger partial charge in [-0.3, -0.25) is 4.79 Å². The molecular formula is C15H25N3O2S. The zero-order chi connectivity index (χ0) is 15.4. The van der Waals surface area contributed by atoms with Crippen LogP contribution in [0, 0.1) is 11.8 Å². The van der Waals surface area contributed by atoms with Crippen molar-refractivity contribution in [1.82, 2.24) is 5.32 Å². The summed E-state index contributed by atoms with van der Waals surface area (Å²) in [6, 6.07) is 0. The van der Waals surface area contributed by atoms with Crippen LogP contribution in [0.2, 0.25) is 0 Å². The normalized spacial score (nSPS) is 21.3. The number of hydrogen-bond donors (Lipinski definition) is 3. The van der Waals surface area contributed by atoms with E-state index in [4.69, 9.17) is 10.5 Å². The Morgan fingerprint density at radius 3 is 2.81 bits per heavy atom. The second-order valence-electron chi connectivity index (χ2n) is 5.73. The average molecular weight is 311 g/mol. The largest absolute Gasteiger partial charge is 0.492 e. The zero-order valence-corrected chi connectivity index (χ0v) is 13.8. The third-order valence-electron chi connectivity index (χ3n) is 4.00. The molecule has 1 aliphatic rings. The molecule has 0 saturated heterocycles. The number of thiophene rings is 1. The van der Waals surface area contributed by atoms with E-state index in [0.29, 0.717) is 28.8 Å². The summed E-state index contributed by atoms with van der Waals surface area (Å²) in [6.45, 7) is 5.69. The van der Waals surface area contributed by atoms with Crippen molar-refractivity contribution in [2.24, 2.45) is 11.8 Å². The highest BCUT2D eigenvalue weighted by Crippen LogP contribution is 2.43. The number of hydrogen-bond acceptors (Lipinski definition) is 5. The maximum atomic E-state index is 12.0. The van der Waals surface area contributed by atoms with E-state index in [-0.39, 0.29) is 5.91 Å². The topological polar surface area (TPSA) is 76.4 Å². The smallest absolute Gasteiger partial charge is 0.263 e. The van der Waals surface area contributed by atoms with Gasteiger partial charge in [-0.2, -0.15) is 0 Å². The quantitative estimate of drug-likeness (QED) is 0.755. The minimum atomic E-state index is -0.138. The minimum Gasteiger partial charge on any atom is -0.492 e. The number of carbonyl (C=O) groups excluding carboxylic acids is 1. The average Bonchev–Trinajstić information content (AvgIpc) is 3.00. The van der Waals surface area contributed by atoms with E-state index < -0.39 is 0 Å². The van der Waals surface area contributed by atoms with Gasteiger partial charge in [0.15, 0.2) is 5.75 Å². The van der Waals surface area contributed by atoms with Crippen molar-refractivity contribution in [3.63, 3.8) is 0 Å². The highest BCUT2D eigenvalue weighted by Gasteiger charge is 2.24. The Morgan fingerprint density at radius 2 is 2.24 bits per heavy atom. The Morgan fingerprint density at radius 1 is 1.48 bits per heavy atom. The van der Waals surface area contributed by atoms with E-state index in [1.165, 1.54) is 30.6 Å². The number of methoxy groups -OCH3 is 1. The van der Waals surface area contributed by atoms with Crippen LogP contribution in [0.4, 0.5) is 10.7 Å². The third-order valence-corrected chi connectivity index (χ3v) is 5.15. The third kappa shape index (κ3) is 3.61. The van der Waals surface area contributed by atoms with E-state index in [1.807, 2.05) is 6.92 Å². The Bertz CT molecular complexity index is 501. The van der Waals surface area contributed by atoms with Crippen molar-refractivity contribution in [3.05, 3.63) is 4.88 Å². The number of nitrogens with one attached hydrogen (secondary N) is 2. The van der Waals surface area contributed by atoms with E-state index in [1.54, 1.807) is 7.11 Å². The summed E-state index contributed by atoms with van der Waals surface area (Å²) < 4.78 is 5.36. The van der Waals surface area contributed by atoms with Crippen LogP contribution in [-0.4, -0.2) is 26.1 Å². The van der Waals surface area contributed by atoms with Gasteiger partial charge < -0.3 is 21.1 Å². The second-order valence-corrected chi connectivity index (χ2v) is 6.75. The van der Waals surface area contributed by atoms with Crippen LogP contribution in [-0.2, 0) is 0 Å². The number of anilines is 2. The molecule has 1 fully saturated rings. The molecule has 1 aliphatic carbocycles. The van der Waals surface area contributed by atoms with E-state index in [9.17, 15) is 4.79 Å². The summed E-state index contributed by atoms with van der Waals surface area (Å²) in [5.74, 6) is 1.96. The van der Waals surface area contributed by atoms with Crippen LogP contribution >= 0.6 is 11.3 Å². The number of nitrogen functional groups attached to an aromatic ring is 1. The van der Waals surface area contributed by atoms with E-state index in [2.05, 4.69) is 17.6 Å². The van der Waals surface area contributed by atoms with Gasteiger partial charge in [-0.25, -0.2) is 0 Å². The molecule has 0 spiro atoms. The Hall–Kier alpha value is -1.43. The summed E-state index contributed by atoms with van der Waals surface area (Å²) in [4.78, 5) is 12.5. The van der Waals surface area contributed by atoms with Crippen molar-refractivity contribution in [1.29, 1.82) is 0 Å².